The molecule has 1 unspecified atom stereocenters. The number of rotatable bonds is 6. The summed E-state index contributed by atoms with van der Waals surface area (Å²) in [4.78, 5) is 8.55. The maximum absolute atomic E-state index is 9.06. The third kappa shape index (κ3) is 3.85. The summed E-state index contributed by atoms with van der Waals surface area (Å²) in [6.07, 6.45) is 1.54. The average Bonchev–Trinajstić information content (AvgIpc) is 2.28. The Labute approximate surface area is 102 Å². The second-order valence-electron chi connectivity index (χ2n) is 4.39. The number of aromatic nitrogens is 2. The number of aliphatic hydroxyl groups excluding tert-OH is 1. The highest BCUT2D eigenvalue weighted by Gasteiger charge is 2.22. The van der Waals surface area contributed by atoms with Gasteiger partial charge in [-0.05, 0) is 26.7 Å². The predicted octanol–water partition coefficient (Wildman–Crippen LogP) is 1.76. The van der Waals surface area contributed by atoms with Crippen LogP contribution < -0.4 is 10.1 Å². The van der Waals surface area contributed by atoms with E-state index in [1.54, 1.807) is 13.2 Å². The highest BCUT2D eigenvalue weighted by Crippen LogP contribution is 2.21. The first-order valence-corrected chi connectivity index (χ1v) is 5.81. The van der Waals surface area contributed by atoms with Gasteiger partial charge in [0.1, 0.15) is 0 Å². The fourth-order valence-corrected chi connectivity index (χ4v) is 1.54. The molecule has 0 amide bonds. The number of nitrogens with one attached hydrogen (secondary N) is 1. The van der Waals surface area contributed by atoms with Crippen LogP contribution in [0.25, 0.3) is 0 Å². The lowest BCUT2D eigenvalue weighted by Crippen LogP contribution is -2.35. The topological polar surface area (TPSA) is 67.3 Å². The molecule has 0 aromatic carbocycles. The number of aliphatic hydroxyl groups is 1. The van der Waals surface area contributed by atoms with Gasteiger partial charge in [0.15, 0.2) is 0 Å². The van der Waals surface area contributed by atoms with E-state index in [1.807, 2.05) is 13.8 Å². The summed E-state index contributed by atoms with van der Waals surface area (Å²) < 4.78 is 5.10. The van der Waals surface area contributed by atoms with Crippen molar-refractivity contribution in [3.05, 3.63) is 11.8 Å². The van der Waals surface area contributed by atoms with Crippen LogP contribution in [-0.4, -0.2) is 34.3 Å². The minimum absolute atomic E-state index is 0.139. The van der Waals surface area contributed by atoms with Gasteiger partial charge in [-0.15, -0.1) is 0 Å². The maximum atomic E-state index is 9.06. The molecule has 1 aromatic heterocycles. The van der Waals surface area contributed by atoms with Gasteiger partial charge in [0.2, 0.25) is 11.8 Å². The number of hydrogen-bond donors (Lipinski definition) is 2. The lowest BCUT2D eigenvalue weighted by Gasteiger charge is -2.29. The van der Waals surface area contributed by atoms with E-state index in [4.69, 9.17) is 9.84 Å². The van der Waals surface area contributed by atoms with Crippen molar-refractivity contribution in [2.75, 3.05) is 19.0 Å². The molecule has 1 atom stereocenters. The van der Waals surface area contributed by atoms with Crippen LogP contribution in [-0.2, 0) is 0 Å². The molecule has 0 bridgehead atoms. The molecule has 1 rings (SSSR count). The van der Waals surface area contributed by atoms with Crippen molar-refractivity contribution < 1.29 is 9.84 Å². The average molecular weight is 239 g/mol. The van der Waals surface area contributed by atoms with Crippen LogP contribution in [0.2, 0.25) is 0 Å². The molecule has 0 spiro atoms. The monoisotopic (exact) mass is 239 g/mol. The molecule has 96 valence electrons. The summed E-state index contributed by atoms with van der Waals surface area (Å²) in [6.45, 7) is 6.14. The molecule has 1 aromatic rings. The highest BCUT2D eigenvalue weighted by molar-refractivity contribution is 5.33. The fraction of sp³-hybridized carbons (Fsp3) is 0.667. The van der Waals surface area contributed by atoms with Gasteiger partial charge in [0.25, 0.3) is 0 Å². The van der Waals surface area contributed by atoms with Crippen LogP contribution in [0, 0.1) is 6.92 Å². The van der Waals surface area contributed by atoms with Crippen LogP contribution in [0.1, 0.15) is 32.4 Å². The van der Waals surface area contributed by atoms with Crippen LogP contribution in [0.15, 0.2) is 6.07 Å². The van der Waals surface area contributed by atoms with Crippen molar-refractivity contribution in [2.24, 2.45) is 0 Å². The first kappa shape index (κ1) is 13.7. The molecule has 0 radical (unpaired) electrons. The molecule has 1 heterocycles. The Kier molecular flexibility index (Phi) is 4.69. The smallest absolute Gasteiger partial charge is 0.226 e. The second-order valence-corrected chi connectivity index (χ2v) is 4.39. The largest absolute Gasteiger partial charge is 0.481 e. The Hall–Kier alpha value is -1.36. The Morgan fingerprint density at radius 3 is 2.71 bits per heavy atom. The summed E-state index contributed by atoms with van der Waals surface area (Å²) in [7, 11) is 1.58. The third-order valence-corrected chi connectivity index (χ3v) is 2.90. The number of hydrogen-bond acceptors (Lipinski definition) is 5. The van der Waals surface area contributed by atoms with Crippen molar-refractivity contribution in [1.82, 2.24) is 9.97 Å². The van der Waals surface area contributed by atoms with Gasteiger partial charge >= 0.3 is 0 Å². The molecule has 5 heteroatoms. The van der Waals surface area contributed by atoms with Gasteiger partial charge in [0.05, 0.1) is 7.11 Å². The van der Waals surface area contributed by atoms with Crippen LogP contribution in [0.5, 0.6) is 5.88 Å². The molecule has 0 saturated heterocycles. The Morgan fingerprint density at radius 2 is 2.18 bits per heavy atom. The van der Waals surface area contributed by atoms with Crippen LogP contribution >= 0.6 is 0 Å². The predicted molar refractivity (Wildman–Crippen MR) is 67.3 cm³/mol. The van der Waals surface area contributed by atoms with E-state index in [1.165, 1.54) is 0 Å². The minimum Gasteiger partial charge on any atom is -0.481 e. The molecule has 2 N–H and O–H groups in total. The van der Waals surface area contributed by atoms with Crippen molar-refractivity contribution in [1.29, 1.82) is 0 Å². The second kappa shape index (κ2) is 5.82. The van der Waals surface area contributed by atoms with Gasteiger partial charge in [-0.3, -0.25) is 0 Å². The summed E-state index contributed by atoms with van der Waals surface area (Å²) in [5.74, 6) is 1.09. The zero-order valence-corrected chi connectivity index (χ0v) is 10.9. The SMILES string of the molecule is CCC(C)(CCO)Nc1nc(C)cc(OC)n1. The fourth-order valence-electron chi connectivity index (χ4n) is 1.54. The minimum atomic E-state index is -0.201. The van der Waals surface area contributed by atoms with Crippen LogP contribution in [0.3, 0.4) is 0 Å². The van der Waals surface area contributed by atoms with Gasteiger partial charge in [-0.25, -0.2) is 4.98 Å². The van der Waals surface area contributed by atoms with Gasteiger partial charge in [0, 0.05) is 23.9 Å². The zero-order chi connectivity index (χ0) is 12.9. The van der Waals surface area contributed by atoms with Gasteiger partial charge < -0.3 is 15.2 Å². The summed E-state index contributed by atoms with van der Waals surface area (Å²) in [5, 5.41) is 12.3. The van der Waals surface area contributed by atoms with E-state index in [9.17, 15) is 0 Å². The van der Waals surface area contributed by atoms with Gasteiger partial charge in [-0.1, -0.05) is 6.92 Å². The standard InChI is InChI=1S/C12H21N3O2/c1-5-12(3,6-7-16)15-11-13-9(2)8-10(14-11)17-4/h8,16H,5-7H2,1-4H3,(H,13,14,15). The third-order valence-electron chi connectivity index (χ3n) is 2.90. The number of methoxy groups -OCH3 is 1. The van der Waals surface area contributed by atoms with Gasteiger partial charge in [-0.2, -0.15) is 4.98 Å². The molecule has 17 heavy (non-hydrogen) atoms. The zero-order valence-electron chi connectivity index (χ0n) is 10.9. The number of anilines is 1. The molecule has 0 aliphatic carbocycles. The van der Waals surface area contributed by atoms with E-state index in [0.29, 0.717) is 18.2 Å². The van der Waals surface area contributed by atoms with Crippen molar-refractivity contribution >= 4 is 5.95 Å². The van der Waals surface area contributed by atoms with Crippen molar-refractivity contribution in [3.8, 4) is 5.88 Å². The number of nitrogens with zero attached hydrogens (tertiary/aromatic N) is 2. The first-order chi connectivity index (χ1) is 8.03. The molecule has 0 fully saturated rings. The quantitative estimate of drug-likeness (QED) is 0.791. The summed E-state index contributed by atoms with van der Waals surface area (Å²) in [6, 6.07) is 1.78. The molecule has 0 aliphatic heterocycles. The van der Waals surface area contributed by atoms with E-state index in [2.05, 4.69) is 22.2 Å². The Bertz CT molecular complexity index is 371. The Balaban J connectivity index is 2.89. The molecule has 0 saturated carbocycles. The van der Waals surface area contributed by atoms with E-state index < -0.39 is 0 Å². The molecule has 5 nitrogen and oxygen atoms in total. The number of ether oxygens (including phenoxy) is 1. The lowest BCUT2D eigenvalue weighted by atomic mass is 9.95. The summed E-state index contributed by atoms with van der Waals surface area (Å²) in [5.41, 5.74) is 0.648. The van der Waals surface area contributed by atoms with Crippen LogP contribution in [0.4, 0.5) is 5.95 Å². The Morgan fingerprint density at radius 1 is 1.47 bits per heavy atom. The molecular formula is C12H21N3O2. The van der Waals surface area contributed by atoms with Crippen molar-refractivity contribution in [2.45, 2.75) is 39.2 Å². The van der Waals surface area contributed by atoms with Crippen molar-refractivity contribution in [3.63, 3.8) is 0 Å². The lowest BCUT2D eigenvalue weighted by molar-refractivity contribution is 0.251. The first-order valence-electron chi connectivity index (χ1n) is 5.81. The number of aryl methyl sites for hydroxylation is 1. The normalized spacial score (nSPS) is 14.2. The highest BCUT2D eigenvalue weighted by atomic mass is 16.5. The summed E-state index contributed by atoms with van der Waals surface area (Å²) >= 11 is 0. The van der Waals surface area contributed by atoms with E-state index in [0.717, 1.165) is 12.1 Å². The maximum Gasteiger partial charge on any atom is 0.226 e. The molecular weight excluding hydrogens is 218 g/mol. The van der Waals surface area contributed by atoms with E-state index in [-0.39, 0.29) is 12.1 Å². The van der Waals surface area contributed by atoms with E-state index >= 15 is 0 Å². The molecule has 0 aliphatic rings.